The first kappa shape index (κ1) is 37.2. The average Bonchev–Trinajstić information content (AvgIpc) is 4.03. The number of hydrogen-bond acceptors (Lipinski definition) is 4. The van der Waals surface area contributed by atoms with Crippen molar-refractivity contribution in [3.63, 3.8) is 0 Å². The Morgan fingerprint density at radius 2 is 0.859 bits per heavy atom. The van der Waals surface area contributed by atoms with E-state index in [1.807, 2.05) is 11.3 Å². The molecule has 13 rings (SSSR count). The fourth-order valence-corrected chi connectivity index (χ4v) is 12.7. The van der Waals surface area contributed by atoms with Crippen LogP contribution in [0.25, 0.3) is 64.4 Å². The largest absolute Gasteiger partial charge is 0.456 e. The molecule has 4 heteroatoms. The molecular weight excluding hydrogens is 797 g/mol. The maximum absolute atomic E-state index is 6.60. The van der Waals surface area contributed by atoms with Crippen LogP contribution in [0.3, 0.4) is 0 Å². The van der Waals surface area contributed by atoms with Crippen LogP contribution in [0.2, 0.25) is 0 Å². The van der Waals surface area contributed by atoms with Gasteiger partial charge in [0.15, 0.2) is 0 Å². The summed E-state index contributed by atoms with van der Waals surface area (Å²) in [7, 11) is 0. The molecule has 0 spiro atoms. The van der Waals surface area contributed by atoms with Crippen molar-refractivity contribution in [3.05, 3.63) is 216 Å². The third-order valence-corrected chi connectivity index (χ3v) is 15.4. The molecule has 9 aromatic carbocycles. The van der Waals surface area contributed by atoms with Crippen molar-refractivity contribution < 1.29 is 4.42 Å². The summed E-state index contributed by atoms with van der Waals surface area (Å²) in [6, 6.07) is 71.5. The number of furan rings is 1. The van der Waals surface area contributed by atoms with E-state index in [0.717, 1.165) is 44.7 Å². The molecule has 0 N–H and O–H groups in total. The van der Waals surface area contributed by atoms with Gasteiger partial charge in [-0.25, -0.2) is 0 Å². The fraction of sp³-hybridized carbons (Fsp3) is 0.100. The van der Waals surface area contributed by atoms with Gasteiger partial charge in [-0.05, 0) is 105 Å². The van der Waals surface area contributed by atoms with E-state index in [-0.39, 0.29) is 10.8 Å². The fourth-order valence-electron chi connectivity index (χ4n) is 11.4. The minimum atomic E-state index is -0.251. The summed E-state index contributed by atoms with van der Waals surface area (Å²) >= 11 is 1.88. The summed E-state index contributed by atoms with van der Waals surface area (Å²) in [5, 5.41) is 4.76. The lowest BCUT2D eigenvalue weighted by molar-refractivity contribution is 0.660. The number of fused-ring (bicyclic) bond motifs is 12. The second kappa shape index (κ2) is 13.6. The molecule has 306 valence electrons. The monoisotopic (exact) mass is 840 g/mol. The average molecular weight is 841 g/mol. The van der Waals surface area contributed by atoms with Gasteiger partial charge in [0.1, 0.15) is 11.2 Å². The highest BCUT2D eigenvalue weighted by atomic mass is 32.1. The van der Waals surface area contributed by atoms with Crippen molar-refractivity contribution in [2.75, 3.05) is 9.80 Å². The number of nitrogens with zero attached hydrogens (tertiary/aromatic N) is 2. The van der Waals surface area contributed by atoms with Crippen molar-refractivity contribution >= 4 is 87.6 Å². The van der Waals surface area contributed by atoms with Gasteiger partial charge in [0.25, 0.3) is 0 Å². The van der Waals surface area contributed by atoms with Crippen molar-refractivity contribution in [3.8, 4) is 22.3 Å². The van der Waals surface area contributed by atoms with Crippen LogP contribution in [0, 0.1) is 0 Å². The Balaban J connectivity index is 1.11. The maximum atomic E-state index is 6.60. The van der Waals surface area contributed by atoms with Crippen LogP contribution in [-0.4, -0.2) is 0 Å². The number of para-hydroxylation sites is 1. The standard InChI is InChI=1S/C60H44N2OS/c1-59(2)46-27-9-5-20-39(46)42-24-14-30-49(56(42)59)61(48-29-17-34-53-55(48)45-23-7-11-33-52(45)63-53)37-18-13-19-38(36-37)62(51-32-16-26-44-41-22-8-12-35-54(41)64-58(44)51)50-31-15-25-43-40-21-6-10-28-47(40)60(3,4)57(43)50/h5-36H,1-4H3. The van der Waals surface area contributed by atoms with Gasteiger partial charge in [-0.2, -0.15) is 0 Å². The maximum Gasteiger partial charge on any atom is 0.137 e. The Kier molecular flexibility index (Phi) is 7.87. The SMILES string of the molecule is CC1(C)c2ccccc2-c2cccc(N(c3cccc(N(c4cccc5c4C(C)(C)c4ccccc4-5)c4cccc5oc6ccccc6c45)c3)c3cccc4c3sc3ccccc34)c21. The van der Waals surface area contributed by atoms with Crippen LogP contribution in [0.4, 0.5) is 34.1 Å². The van der Waals surface area contributed by atoms with E-state index in [0.29, 0.717) is 0 Å². The van der Waals surface area contributed by atoms with E-state index in [2.05, 4.69) is 232 Å². The van der Waals surface area contributed by atoms with Gasteiger partial charge in [0.05, 0.1) is 32.8 Å². The highest BCUT2D eigenvalue weighted by Crippen LogP contribution is 2.58. The Hall–Kier alpha value is -7.40. The van der Waals surface area contributed by atoms with Gasteiger partial charge in [-0.15, -0.1) is 11.3 Å². The summed E-state index contributed by atoms with van der Waals surface area (Å²) in [5.74, 6) is 0. The molecule has 2 heterocycles. The topological polar surface area (TPSA) is 19.6 Å². The Morgan fingerprint density at radius 3 is 1.55 bits per heavy atom. The molecule has 0 aliphatic heterocycles. The van der Waals surface area contributed by atoms with Crippen molar-refractivity contribution in [2.24, 2.45) is 0 Å². The first-order valence-corrected chi connectivity index (χ1v) is 23.1. The molecular formula is C60H44N2OS. The Bertz CT molecular complexity index is 3720. The smallest absolute Gasteiger partial charge is 0.137 e. The molecule has 0 atom stereocenters. The summed E-state index contributed by atoms with van der Waals surface area (Å²) in [5.41, 5.74) is 18.6. The molecule has 2 aromatic heterocycles. The second-order valence-electron chi connectivity index (χ2n) is 18.4. The zero-order chi connectivity index (χ0) is 42.9. The van der Waals surface area contributed by atoms with E-state index >= 15 is 0 Å². The minimum absolute atomic E-state index is 0.234. The summed E-state index contributed by atoms with van der Waals surface area (Å²) in [6.45, 7) is 9.55. The van der Waals surface area contributed by atoms with Crippen LogP contribution in [-0.2, 0) is 10.8 Å². The zero-order valence-corrected chi connectivity index (χ0v) is 37.0. The lowest BCUT2D eigenvalue weighted by atomic mass is 9.81. The number of anilines is 6. The van der Waals surface area contributed by atoms with Gasteiger partial charge in [0, 0.05) is 43.1 Å². The Morgan fingerprint density at radius 1 is 0.391 bits per heavy atom. The molecule has 0 fully saturated rings. The molecule has 64 heavy (non-hydrogen) atoms. The van der Waals surface area contributed by atoms with Gasteiger partial charge in [-0.3, -0.25) is 0 Å². The van der Waals surface area contributed by atoms with Crippen LogP contribution in [0.1, 0.15) is 49.9 Å². The van der Waals surface area contributed by atoms with Crippen LogP contribution in [0.5, 0.6) is 0 Å². The number of thiophene rings is 1. The van der Waals surface area contributed by atoms with Crippen LogP contribution < -0.4 is 9.80 Å². The van der Waals surface area contributed by atoms with Gasteiger partial charge >= 0.3 is 0 Å². The number of benzene rings is 9. The Labute approximate surface area is 377 Å². The van der Waals surface area contributed by atoms with Crippen molar-refractivity contribution in [2.45, 2.75) is 38.5 Å². The van der Waals surface area contributed by atoms with Gasteiger partial charge < -0.3 is 14.2 Å². The van der Waals surface area contributed by atoms with Crippen LogP contribution in [0.15, 0.2) is 199 Å². The summed E-state index contributed by atoms with van der Waals surface area (Å²) < 4.78 is 9.16. The second-order valence-corrected chi connectivity index (χ2v) is 19.5. The molecule has 0 amide bonds. The van der Waals surface area contributed by atoms with E-state index < -0.39 is 0 Å². The lowest BCUT2D eigenvalue weighted by Gasteiger charge is -2.35. The van der Waals surface area contributed by atoms with Crippen molar-refractivity contribution in [1.29, 1.82) is 0 Å². The van der Waals surface area contributed by atoms with E-state index in [4.69, 9.17) is 4.42 Å². The zero-order valence-electron chi connectivity index (χ0n) is 36.2. The number of hydrogen-bond donors (Lipinski definition) is 0. The normalized spacial score (nSPS) is 14.2. The molecule has 0 unspecified atom stereocenters. The third kappa shape index (κ3) is 5.15. The third-order valence-electron chi connectivity index (χ3n) is 14.2. The molecule has 3 nitrogen and oxygen atoms in total. The van der Waals surface area contributed by atoms with E-state index in [9.17, 15) is 0 Å². The predicted octanol–water partition coefficient (Wildman–Crippen LogP) is 17.5. The molecule has 0 radical (unpaired) electrons. The molecule has 0 saturated heterocycles. The minimum Gasteiger partial charge on any atom is -0.456 e. The summed E-state index contributed by atoms with van der Waals surface area (Å²) in [6.07, 6.45) is 0. The molecule has 0 bridgehead atoms. The quantitative estimate of drug-likeness (QED) is 0.166. The van der Waals surface area contributed by atoms with E-state index in [1.165, 1.54) is 76.1 Å². The molecule has 2 aliphatic carbocycles. The van der Waals surface area contributed by atoms with Crippen LogP contribution >= 0.6 is 11.3 Å². The lowest BCUT2D eigenvalue weighted by Crippen LogP contribution is -2.22. The first-order chi connectivity index (χ1) is 31.3. The molecule has 2 aliphatic rings. The van der Waals surface area contributed by atoms with E-state index in [1.54, 1.807) is 0 Å². The number of rotatable bonds is 6. The van der Waals surface area contributed by atoms with Crippen molar-refractivity contribution in [1.82, 2.24) is 0 Å². The molecule has 11 aromatic rings. The summed E-state index contributed by atoms with van der Waals surface area (Å²) in [4.78, 5) is 5.06. The van der Waals surface area contributed by atoms with Gasteiger partial charge in [-0.1, -0.05) is 161 Å². The van der Waals surface area contributed by atoms with Gasteiger partial charge in [0.2, 0.25) is 0 Å². The molecule has 0 saturated carbocycles. The highest BCUT2D eigenvalue weighted by Gasteiger charge is 2.41. The first-order valence-electron chi connectivity index (χ1n) is 22.3. The predicted molar refractivity (Wildman–Crippen MR) is 271 cm³/mol. The highest BCUT2D eigenvalue weighted by molar-refractivity contribution is 7.26.